The van der Waals surface area contributed by atoms with Gasteiger partial charge in [-0.15, -0.1) is 0 Å². The molecule has 240 valence electrons. The van der Waals surface area contributed by atoms with Crippen LogP contribution in [0.4, 0.5) is 5.69 Å². The third kappa shape index (κ3) is 8.31. The SMILES string of the molecule is O=C(NC1CCCC1)C(Cc1ccccc1)N(Cc1c(Cl)cccc1Cl)C(=O)CN(c1cccc(Br)c1)S(=O)(=O)c1ccccc1. The molecule has 4 aromatic carbocycles. The number of carbonyl (C=O) groups excluding carboxylic acids is 2. The Bertz CT molecular complexity index is 1750. The van der Waals surface area contributed by atoms with E-state index in [0.717, 1.165) is 35.6 Å². The van der Waals surface area contributed by atoms with Gasteiger partial charge in [0.15, 0.2) is 0 Å². The molecule has 0 spiro atoms. The second-order valence-electron chi connectivity index (χ2n) is 11.2. The predicted octanol–water partition coefficient (Wildman–Crippen LogP) is 7.65. The second-order valence-corrected chi connectivity index (χ2v) is 14.8. The van der Waals surface area contributed by atoms with Crippen LogP contribution >= 0.6 is 39.1 Å². The van der Waals surface area contributed by atoms with Gasteiger partial charge in [-0.1, -0.05) is 113 Å². The lowest BCUT2D eigenvalue weighted by molar-refractivity contribution is -0.140. The van der Waals surface area contributed by atoms with E-state index in [9.17, 15) is 18.0 Å². The summed E-state index contributed by atoms with van der Waals surface area (Å²) >= 11 is 16.6. The summed E-state index contributed by atoms with van der Waals surface area (Å²) in [6.07, 6.45) is 3.96. The number of hydrogen-bond acceptors (Lipinski definition) is 4. The van der Waals surface area contributed by atoms with Crippen molar-refractivity contribution in [3.05, 3.63) is 129 Å². The van der Waals surface area contributed by atoms with E-state index in [1.165, 1.54) is 17.0 Å². The number of sulfonamides is 1. The molecule has 0 radical (unpaired) electrons. The Labute approximate surface area is 288 Å². The van der Waals surface area contributed by atoms with Crippen molar-refractivity contribution in [1.82, 2.24) is 10.2 Å². The maximum Gasteiger partial charge on any atom is 0.264 e. The molecule has 46 heavy (non-hydrogen) atoms. The van der Waals surface area contributed by atoms with Crippen LogP contribution in [0.2, 0.25) is 10.0 Å². The van der Waals surface area contributed by atoms with E-state index in [1.54, 1.807) is 60.7 Å². The van der Waals surface area contributed by atoms with Gasteiger partial charge in [-0.25, -0.2) is 8.42 Å². The smallest absolute Gasteiger partial charge is 0.264 e. The molecule has 7 nitrogen and oxygen atoms in total. The number of halogens is 3. The quantitative estimate of drug-likeness (QED) is 0.162. The van der Waals surface area contributed by atoms with Crippen LogP contribution in [0.1, 0.15) is 36.8 Å². The third-order valence-electron chi connectivity index (χ3n) is 8.07. The first-order valence-electron chi connectivity index (χ1n) is 15.0. The van der Waals surface area contributed by atoms with Gasteiger partial charge in [0.05, 0.1) is 10.6 Å². The summed E-state index contributed by atoms with van der Waals surface area (Å²) in [5, 5.41) is 3.83. The van der Waals surface area contributed by atoms with Crippen molar-refractivity contribution in [1.29, 1.82) is 0 Å². The number of anilines is 1. The molecule has 0 aliphatic heterocycles. The van der Waals surface area contributed by atoms with Crippen LogP contribution in [-0.4, -0.2) is 43.8 Å². The highest BCUT2D eigenvalue weighted by Gasteiger charge is 2.36. The summed E-state index contributed by atoms with van der Waals surface area (Å²) < 4.78 is 29.9. The molecular formula is C35H34BrCl2N3O4S. The number of carbonyl (C=O) groups is 2. The summed E-state index contributed by atoms with van der Waals surface area (Å²) in [5.41, 5.74) is 1.60. The highest BCUT2D eigenvalue weighted by molar-refractivity contribution is 9.10. The van der Waals surface area contributed by atoms with Crippen LogP contribution in [0, 0.1) is 0 Å². The molecule has 4 aromatic rings. The average Bonchev–Trinajstić information content (AvgIpc) is 3.56. The molecule has 1 N–H and O–H groups in total. The largest absolute Gasteiger partial charge is 0.352 e. The second kappa shape index (κ2) is 15.5. The van der Waals surface area contributed by atoms with Crippen molar-refractivity contribution in [3.63, 3.8) is 0 Å². The van der Waals surface area contributed by atoms with E-state index >= 15 is 0 Å². The molecule has 1 unspecified atom stereocenters. The molecule has 0 aromatic heterocycles. The van der Waals surface area contributed by atoms with E-state index in [4.69, 9.17) is 23.2 Å². The Balaban J connectivity index is 1.59. The van der Waals surface area contributed by atoms with E-state index in [2.05, 4.69) is 21.2 Å². The Morgan fingerprint density at radius 3 is 2.09 bits per heavy atom. The Morgan fingerprint density at radius 2 is 1.46 bits per heavy atom. The fourth-order valence-corrected chi connectivity index (χ4v) is 7.99. The minimum Gasteiger partial charge on any atom is -0.352 e. The van der Waals surface area contributed by atoms with Crippen molar-refractivity contribution in [2.24, 2.45) is 0 Å². The molecule has 5 rings (SSSR count). The standard InChI is InChI=1S/C35H34BrCl2N3O4S/c36-26-13-9-16-28(22-26)41(46(44,45)29-17-5-2-6-18-29)24-34(42)40(23-30-31(37)19-10-20-32(30)38)33(21-25-11-3-1-4-12-25)35(43)39-27-14-7-8-15-27/h1-6,9-13,16-20,22,27,33H,7-8,14-15,21,23-24H2,(H,39,43). The maximum atomic E-state index is 14.6. The van der Waals surface area contributed by atoms with Crippen molar-refractivity contribution in [3.8, 4) is 0 Å². The van der Waals surface area contributed by atoms with Gasteiger partial charge in [0.2, 0.25) is 11.8 Å². The number of nitrogens with one attached hydrogen (secondary N) is 1. The number of amides is 2. The Morgan fingerprint density at radius 1 is 0.848 bits per heavy atom. The third-order valence-corrected chi connectivity index (χ3v) is 11.1. The van der Waals surface area contributed by atoms with Gasteiger partial charge < -0.3 is 10.2 Å². The Hall–Kier alpha value is -3.37. The monoisotopic (exact) mass is 741 g/mol. The zero-order valence-electron chi connectivity index (χ0n) is 25.0. The number of nitrogens with zero attached hydrogens (tertiary/aromatic N) is 2. The first kappa shape index (κ1) is 34.0. The lowest BCUT2D eigenvalue weighted by atomic mass is 10.0. The normalized spacial score (nSPS) is 14.1. The van der Waals surface area contributed by atoms with Gasteiger partial charge in [0, 0.05) is 39.1 Å². The predicted molar refractivity (Wildman–Crippen MR) is 186 cm³/mol. The minimum atomic E-state index is -4.20. The van der Waals surface area contributed by atoms with Gasteiger partial charge in [-0.05, 0) is 60.9 Å². The van der Waals surface area contributed by atoms with Crippen LogP contribution in [0.3, 0.4) is 0 Å². The summed E-state index contributed by atoms with van der Waals surface area (Å²) in [4.78, 5) is 30.2. The molecule has 11 heteroatoms. The molecule has 2 amide bonds. The molecule has 1 saturated carbocycles. The van der Waals surface area contributed by atoms with Gasteiger partial charge in [0.25, 0.3) is 10.0 Å². The molecule has 0 bridgehead atoms. The van der Waals surface area contributed by atoms with Gasteiger partial charge in [-0.2, -0.15) is 0 Å². The van der Waals surface area contributed by atoms with E-state index < -0.39 is 28.5 Å². The van der Waals surface area contributed by atoms with Gasteiger partial charge >= 0.3 is 0 Å². The summed E-state index contributed by atoms with van der Waals surface area (Å²) in [5.74, 6) is -0.898. The Kier molecular flexibility index (Phi) is 11.4. The summed E-state index contributed by atoms with van der Waals surface area (Å²) in [7, 11) is -4.20. The summed E-state index contributed by atoms with van der Waals surface area (Å²) in [6.45, 7) is -0.678. The van der Waals surface area contributed by atoms with E-state index in [-0.39, 0.29) is 35.5 Å². The zero-order chi connectivity index (χ0) is 32.7. The van der Waals surface area contributed by atoms with E-state index in [1.807, 2.05) is 30.3 Å². The van der Waals surface area contributed by atoms with Gasteiger partial charge in [-0.3, -0.25) is 13.9 Å². The topological polar surface area (TPSA) is 86.8 Å². The first-order valence-corrected chi connectivity index (χ1v) is 18.0. The highest BCUT2D eigenvalue weighted by Crippen LogP contribution is 2.30. The molecule has 1 atom stereocenters. The van der Waals surface area contributed by atoms with Crippen LogP contribution < -0.4 is 9.62 Å². The van der Waals surface area contributed by atoms with Crippen molar-refractivity contribution in [2.45, 2.75) is 55.6 Å². The average molecular weight is 744 g/mol. The van der Waals surface area contributed by atoms with E-state index in [0.29, 0.717) is 20.1 Å². The van der Waals surface area contributed by atoms with Crippen LogP contribution in [0.5, 0.6) is 0 Å². The minimum absolute atomic E-state index is 0.00301. The lowest BCUT2D eigenvalue weighted by Gasteiger charge is -2.34. The first-order chi connectivity index (χ1) is 22.1. The van der Waals surface area contributed by atoms with Crippen LogP contribution in [0.15, 0.2) is 112 Å². The van der Waals surface area contributed by atoms with Crippen LogP contribution in [-0.2, 0) is 32.6 Å². The lowest BCUT2D eigenvalue weighted by Crippen LogP contribution is -2.54. The zero-order valence-corrected chi connectivity index (χ0v) is 28.9. The molecule has 1 aliphatic rings. The van der Waals surface area contributed by atoms with Crippen molar-refractivity contribution >= 4 is 66.7 Å². The highest BCUT2D eigenvalue weighted by atomic mass is 79.9. The fraction of sp³-hybridized carbons (Fsp3) is 0.257. The number of benzene rings is 4. The number of rotatable bonds is 12. The number of hydrogen-bond donors (Lipinski definition) is 1. The molecule has 0 heterocycles. The van der Waals surface area contributed by atoms with Crippen molar-refractivity contribution in [2.75, 3.05) is 10.8 Å². The summed E-state index contributed by atoms with van der Waals surface area (Å²) in [6, 6.07) is 28.2. The van der Waals surface area contributed by atoms with Gasteiger partial charge in [0.1, 0.15) is 12.6 Å². The van der Waals surface area contributed by atoms with Crippen LogP contribution in [0.25, 0.3) is 0 Å². The molecule has 0 saturated heterocycles. The molecule has 1 fully saturated rings. The fourth-order valence-electron chi connectivity index (χ4n) is 5.65. The maximum absolute atomic E-state index is 14.6. The molecule has 1 aliphatic carbocycles. The van der Waals surface area contributed by atoms with Crippen molar-refractivity contribution < 1.29 is 18.0 Å². The molecular weight excluding hydrogens is 709 g/mol.